The van der Waals surface area contributed by atoms with Crippen molar-refractivity contribution in [2.45, 2.75) is 18.8 Å². The van der Waals surface area contributed by atoms with Crippen molar-refractivity contribution in [2.75, 3.05) is 13.1 Å². The van der Waals surface area contributed by atoms with Crippen LogP contribution in [0.25, 0.3) is 10.9 Å². The number of benzene rings is 1. The molecule has 0 saturated carbocycles. The van der Waals surface area contributed by atoms with Crippen molar-refractivity contribution in [3.63, 3.8) is 0 Å². The topological polar surface area (TPSA) is 29.9 Å². The zero-order valence-corrected chi connectivity index (χ0v) is 10.7. The minimum Gasteiger partial charge on any atom is -0.316 e. The van der Waals surface area contributed by atoms with Crippen LogP contribution in [0.15, 0.2) is 18.2 Å². The van der Waals surface area contributed by atoms with E-state index in [1.54, 1.807) is 0 Å². The van der Waals surface area contributed by atoms with Gasteiger partial charge in [0.25, 0.3) is 0 Å². The molecule has 2 heterocycles. The molecule has 0 bridgehead atoms. The number of nitrogens with zero attached hydrogens (tertiary/aromatic N) is 2. The number of halogens is 1. The van der Waals surface area contributed by atoms with Crippen molar-refractivity contribution in [2.24, 2.45) is 7.05 Å². The third kappa shape index (κ3) is 1.94. The molecule has 0 radical (unpaired) electrons. The van der Waals surface area contributed by atoms with Crippen molar-refractivity contribution in [3.8, 4) is 0 Å². The molecule has 1 aliphatic heterocycles. The van der Waals surface area contributed by atoms with E-state index in [0.717, 1.165) is 24.0 Å². The summed E-state index contributed by atoms with van der Waals surface area (Å²) < 4.78 is 1.86. The second-order valence-electron chi connectivity index (χ2n) is 4.73. The third-order valence-electron chi connectivity index (χ3n) is 3.60. The van der Waals surface area contributed by atoms with E-state index in [2.05, 4.69) is 28.6 Å². The Bertz CT molecular complexity index is 541. The maximum Gasteiger partial charge on any atom is 0.158 e. The molecular formula is C13H16ClN3. The van der Waals surface area contributed by atoms with Crippen LogP contribution in [-0.2, 0) is 7.05 Å². The van der Waals surface area contributed by atoms with Crippen LogP contribution in [0, 0.1) is 0 Å². The lowest BCUT2D eigenvalue weighted by Crippen LogP contribution is -2.28. The summed E-state index contributed by atoms with van der Waals surface area (Å²) in [7, 11) is 1.94. The number of aryl methyl sites for hydroxylation is 1. The summed E-state index contributed by atoms with van der Waals surface area (Å²) in [6.45, 7) is 2.23. The van der Waals surface area contributed by atoms with Gasteiger partial charge in [0.15, 0.2) is 5.15 Å². The largest absolute Gasteiger partial charge is 0.316 e. The molecule has 1 unspecified atom stereocenters. The SMILES string of the molecule is Cn1nc(Cl)c2ccc(C3CCCNC3)cc21. The van der Waals surface area contributed by atoms with Gasteiger partial charge in [-0.15, -0.1) is 0 Å². The van der Waals surface area contributed by atoms with Gasteiger partial charge in [0, 0.05) is 19.0 Å². The molecule has 0 amide bonds. The molecule has 90 valence electrons. The molecule has 1 aromatic heterocycles. The average Bonchev–Trinajstić information content (AvgIpc) is 2.66. The lowest BCUT2D eigenvalue weighted by atomic mass is 9.91. The van der Waals surface area contributed by atoms with Crippen molar-refractivity contribution >= 4 is 22.5 Å². The second kappa shape index (κ2) is 4.31. The van der Waals surface area contributed by atoms with Gasteiger partial charge >= 0.3 is 0 Å². The number of hydrogen-bond donors (Lipinski definition) is 1. The summed E-state index contributed by atoms with van der Waals surface area (Å²) in [5.74, 6) is 0.627. The summed E-state index contributed by atoms with van der Waals surface area (Å²) in [5, 5.41) is 9.33. The number of rotatable bonds is 1. The summed E-state index contributed by atoms with van der Waals surface area (Å²) in [4.78, 5) is 0. The van der Waals surface area contributed by atoms with Gasteiger partial charge in [0.1, 0.15) is 0 Å². The van der Waals surface area contributed by atoms with E-state index in [4.69, 9.17) is 11.6 Å². The van der Waals surface area contributed by atoms with Gasteiger partial charge in [0.2, 0.25) is 0 Å². The second-order valence-corrected chi connectivity index (χ2v) is 5.09. The van der Waals surface area contributed by atoms with Gasteiger partial charge in [-0.2, -0.15) is 5.10 Å². The van der Waals surface area contributed by atoms with E-state index in [-0.39, 0.29) is 0 Å². The summed E-state index contributed by atoms with van der Waals surface area (Å²) in [6, 6.07) is 6.51. The van der Waals surface area contributed by atoms with E-state index < -0.39 is 0 Å². The molecule has 3 rings (SSSR count). The molecule has 1 atom stereocenters. The van der Waals surface area contributed by atoms with Crippen LogP contribution in [0.3, 0.4) is 0 Å². The van der Waals surface area contributed by atoms with Crippen molar-refractivity contribution < 1.29 is 0 Å². The highest BCUT2D eigenvalue weighted by molar-refractivity contribution is 6.34. The molecule has 3 nitrogen and oxygen atoms in total. The first-order valence-corrected chi connectivity index (χ1v) is 6.46. The van der Waals surface area contributed by atoms with Gasteiger partial charge in [-0.25, -0.2) is 0 Å². The lowest BCUT2D eigenvalue weighted by molar-refractivity contribution is 0.462. The molecule has 4 heteroatoms. The maximum absolute atomic E-state index is 6.07. The summed E-state index contributed by atoms with van der Waals surface area (Å²) >= 11 is 6.07. The minimum atomic E-state index is 0.593. The summed E-state index contributed by atoms with van der Waals surface area (Å²) in [6.07, 6.45) is 2.53. The van der Waals surface area contributed by atoms with Crippen LogP contribution in [0.4, 0.5) is 0 Å². The van der Waals surface area contributed by atoms with Gasteiger partial charge in [0.05, 0.1) is 5.52 Å². The fourth-order valence-corrected chi connectivity index (χ4v) is 2.89. The Labute approximate surface area is 106 Å². The smallest absolute Gasteiger partial charge is 0.158 e. The Morgan fingerprint density at radius 2 is 2.35 bits per heavy atom. The standard InChI is InChI=1S/C13H16ClN3/c1-17-12-7-9(10-3-2-6-15-8-10)4-5-11(12)13(14)16-17/h4-5,7,10,15H,2-3,6,8H2,1H3. The van der Waals surface area contributed by atoms with Crippen LogP contribution >= 0.6 is 11.6 Å². The Morgan fingerprint density at radius 1 is 1.47 bits per heavy atom. The van der Waals surface area contributed by atoms with E-state index in [0.29, 0.717) is 11.1 Å². The average molecular weight is 250 g/mol. The molecule has 1 aromatic carbocycles. The van der Waals surface area contributed by atoms with Crippen LogP contribution < -0.4 is 5.32 Å². The predicted molar refractivity (Wildman–Crippen MR) is 70.6 cm³/mol. The molecule has 0 aliphatic carbocycles. The Morgan fingerprint density at radius 3 is 3.12 bits per heavy atom. The van der Waals surface area contributed by atoms with Gasteiger partial charge < -0.3 is 5.32 Å². The lowest BCUT2D eigenvalue weighted by Gasteiger charge is -2.23. The molecule has 0 spiro atoms. The van der Waals surface area contributed by atoms with E-state index in [1.807, 2.05) is 11.7 Å². The van der Waals surface area contributed by atoms with Crippen LogP contribution in [0.5, 0.6) is 0 Å². The molecular weight excluding hydrogens is 234 g/mol. The van der Waals surface area contributed by atoms with Crippen LogP contribution in [-0.4, -0.2) is 22.9 Å². The minimum absolute atomic E-state index is 0.593. The van der Waals surface area contributed by atoms with Gasteiger partial charge in [-0.05, 0) is 43.0 Å². The zero-order chi connectivity index (χ0) is 11.8. The maximum atomic E-state index is 6.07. The van der Waals surface area contributed by atoms with Gasteiger partial charge in [-0.3, -0.25) is 4.68 Å². The highest BCUT2D eigenvalue weighted by Gasteiger charge is 2.16. The number of piperidine rings is 1. The monoisotopic (exact) mass is 249 g/mol. The molecule has 1 saturated heterocycles. The summed E-state index contributed by atoms with van der Waals surface area (Å²) in [5.41, 5.74) is 2.52. The van der Waals surface area contributed by atoms with Crippen LogP contribution in [0.2, 0.25) is 5.15 Å². The molecule has 1 N–H and O–H groups in total. The van der Waals surface area contributed by atoms with Crippen molar-refractivity contribution in [1.29, 1.82) is 0 Å². The first-order chi connectivity index (χ1) is 8.25. The van der Waals surface area contributed by atoms with E-state index in [9.17, 15) is 0 Å². The Hall–Kier alpha value is -1.06. The molecule has 1 fully saturated rings. The van der Waals surface area contributed by atoms with E-state index in [1.165, 1.54) is 18.4 Å². The van der Waals surface area contributed by atoms with Crippen molar-refractivity contribution in [3.05, 3.63) is 28.9 Å². The molecule has 2 aromatic rings. The number of nitrogens with one attached hydrogen (secondary N) is 1. The van der Waals surface area contributed by atoms with Crippen molar-refractivity contribution in [1.82, 2.24) is 15.1 Å². The van der Waals surface area contributed by atoms with E-state index >= 15 is 0 Å². The van der Waals surface area contributed by atoms with Crippen LogP contribution in [0.1, 0.15) is 24.3 Å². The number of aromatic nitrogens is 2. The first-order valence-electron chi connectivity index (χ1n) is 6.08. The third-order valence-corrected chi connectivity index (χ3v) is 3.88. The zero-order valence-electron chi connectivity index (χ0n) is 9.91. The fraction of sp³-hybridized carbons (Fsp3) is 0.462. The predicted octanol–water partition coefficient (Wildman–Crippen LogP) is 2.69. The number of hydrogen-bond acceptors (Lipinski definition) is 2. The fourth-order valence-electron chi connectivity index (χ4n) is 2.62. The Balaban J connectivity index is 2.03. The normalized spacial score (nSPS) is 20.9. The highest BCUT2D eigenvalue weighted by Crippen LogP contribution is 2.29. The van der Waals surface area contributed by atoms with Gasteiger partial charge in [-0.1, -0.05) is 17.7 Å². The molecule has 17 heavy (non-hydrogen) atoms. The number of fused-ring (bicyclic) bond motifs is 1. The first kappa shape index (κ1) is 11.1. The highest BCUT2D eigenvalue weighted by atomic mass is 35.5. The Kier molecular flexibility index (Phi) is 2.81. The molecule has 1 aliphatic rings. The quantitative estimate of drug-likeness (QED) is 0.842.